The number of halogens is 1. The molecule has 4 heteroatoms. The van der Waals surface area contributed by atoms with Crippen molar-refractivity contribution in [3.63, 3.8) is 0 Å². The lowest BCUT2D eigenvalue weighted by atomic mass is 10.0. The van der Waals surface area contributed by atoms with Gasteiger partial charge in [0.1, 0.15) is 5.75 Å². The third kappa shape index (κ3) is 1.77. The van der Waals surface area contributed by atoms with E-state index < -0.39 is 5.24 Å². The number of rotatable bonds is 3. The molecule has 1 rings (SSSR count). The first kappa shape index (κ1) is 10.7. The topological polar surface area (TPSA) is 43.4 Å². The van der Waals surface area contributed by atoms with Gasteiger partial charge in [0.25, 0.3) is 5.24 Å². The molecule has 0 amide bonds. The number of hydrogen-bond donors (Lipinski definition) is 0. The van der Waals surface area contributed by atoms with Crippen LogP contribution in [0.4, 0.5) is 0 Å². The lowest BCUT2D eigenvalue weighted by Gasteiger charge is -2.08. The minimum atomic E-state index is -0.687. The molecular formula is C10H9ClO3. The number of hydrogen-bond acceptors (Lipinski definition) is 3. The molecule has 0 aliphatic heterocycles. The highest BCUT2D eigenvalue weighted by molar-refractivity contribution is 6.68. The highest BCUT2D eigenvalue weighted by atomic mass is 35.5. The summed E-state index contributed by atoms with van der Waals surface area (Å²) in [6.45, 7) is 1.73. The molecule has 0 N–H and O–H groups in total. The molecule has 74 valence electrons. The SMILES string of the molecule is COc1ccc(C)c(C=O)c1C(=O)Cl. The molecule has 3 nitrogen and oxygen atoms in total. The quantitative estimate of drug-likeness (QED) is 0.570. The smallest absolute Gasteiger partial charge is 0.256 e. The first-order chi connectivity index (χ1) is 6.61. The van der Waals surface area contributed by atoms with E-state index in [1.807, 2.05) is 0 Å². The standard InChI is InChI=1S/C10H9ClO3/c1-6-3-4-8(14-2)9(10(11)13)7(6)5-12/h3-5H,1-2H3. The van der Waals surface area contributed by atoms with Gasteiger partial charge in [-0.05, 0) is 30.2 Å². The Bertz CT molecular complexity index is 385. The maximum atomic E-state index is 11.1. The lowest BCUT2D eigenvalue weighted by Crippen LogP contribution is -2.02. The van der Waals surface area contributed by atoms with Crippen molar-refractivity contribution in [2.45, 2.75) is 6.92 Å². The Kier molecular flexibility index (Phi) is 3.25. The van der Waals surface area contributed by atoms with Gasteiger partial charge >= 0.3 is 0 Å². The summed E-state index contributed by atoms with van der Waals surface area (Å²) in [5, 5.41) is -0.687. The summed E-state index contributed by atoms with van der Waals surface area (Å²) in [6.07, 6.45) is 0.605. The van der Waals surface area contributed by atoms with E-state index in [4.69, 9.17) is 16.3 Å². The second kappa shape index (κ2) is 4.24. The molecule has 0 unspecified atom stereocenters. The lowest BCUT2D eigenvalue weighted by molar-refractivity contribution is 0.106. The van der Waals surface area contributed by atoms with Crippen LogP contribution in [0, 0.1) is 6.92 Å². The molecule has 0 aliphatic rings. The number of carbonyl (C=O) groups is 2. The van der Waals surface area contributed by atoms with Gasteiger partial charge < -0.3 is 4.74 Å². The molecular weight excluding hydrogens is 204 g/mol. The largest absolute Gasteiger partial charge is 0.496 e. The van der Waals surface area contributed by atoms with E-state index in [0.29, 0.717) is 17.6 Å². The van der Waals surface area contributed by atoms with E-state index in [0.717, 1.165) is 0 Å². The van der Waals surface area contributed by atoms with Crippen molar-refractivity contribution < 1.29 is 14.3 Å². The fourth-order valence-corrected chi connectivity index (χ4v) is 1.42. The van der Waals surface area contributed by atoms with Crippen LogP contribution in [0.1, 0.15) is 26.3 Å². The molecule has 1 aromatic carbocycles. The number of aryl methyl sites for hydroxylation is 1. The monoisotopic (exact) mass is 212 g/mol. The second-order valence-electron chi connectivity index (χ2n) is 2.76. The van der Waals surface area contributed by atoms with Crippen LogP contribution in [-0.4, -0.2) is 18.6 Å². The Morgan fingerprint density at radius 3 is 2.57 bits per heavy atom. The van der Waals surface area contributed by atoms with E-state index in [2.05, 4.69) is 0 Å². The molecule has 14 heavy (non-hydrogen) atoms. The summed E-state index contributed by atoms with van der Waals surface area (Å²) in [4.78, 5) is 21.8. The third-order valence-electron chi connectivity index (χ3n) is 1.96. The van der Waals surface area contributed by atoms with E-state index in [-0.39, 0.29) is 11.1 Å². The van der Waals surface area contributed by atoms with Gasteiger partial charge in [0.2, 0.25) is 0 Å². The molecule has 0 aliphatic carbocycles. The van der Waals surface area contributed by atoms with Crippen molar-refractivity contribution >= 4 is 23.1 Å². The molecule has 0 spiro atoms. The first-order valence-electron chi connectivity index (χ1n) is 3.94. The zero-order valence-corrected chi connectivity index (χ0v) is 8.59. The Morgan fingerprint density at radius 1 is 1.50 bits per heavy atom. The van der Waals surface area contributed by atoms with Crippen molar-refractivity contribution in [3.8, 4) is 5.75 Å². The molecule has 0 saturated carbocycles. The summed E-state index contributed by atoms with van der Waals surface area (Å²) < 4.78 is 4.94. The molecule has 0 radical (unpaired) electrons. The molecule has 1 aromatic rings. The van der Waals surface area contributed by atoms with E-state index >= 15 is 0 Å². The highest BCUT2D eigenvalue weighted by Gasteiger charge is 2.16. The summed E-state index contributed by atoms with van der Waals surface area (Å²) in [7, 11) is 1.42. The van der Waals surface area contributed by atoms with Crippen LogP contribution < -0.4 is 4.74 Å². The van der Waals surface area contributed by atoms with Gasteiger partial charge in [0.05, 0.1) is 12.7 Å². The van der Waals surface area contributed by atoms with Gasteiger partial charge in [-0.25, -0.2) is 0 Å². The molecule has 0 fully saturated rings. The minimum absolute atomic E-state index is 0.129. The van der Waals surface area contributed by atoms with Gasteiger partial charge in [0, 0.05) is 5.56 Å². The van der Waals surface area contributed by atoms with Crippen molar-refractivity contribution in [1.29, 1.82) is 0 Å². The predicted octanol–water partition coefficient (Wildman–Crippen LogP) is 2.20. The molecule has 0 bridgehead atoms. The molecule has 0 atom stereocenters. The number of ether oxygens (including phenoxy) is 1. The van der Waals surface area contributed by atoms with Crippen LogP contribution in [0.2, 0.25) is 0 Å². The van der Waals surface area contributed by atoms with Gasteiger partial charge in [0.15, 0.2) is 6.29 Å². The van der Waals surface area contributed by atoms with Crippen LogP contribution >= 0.6 is 11.6 Å². The molecule has 0 heterocycles. The molecule has 0 saturated heterocycles. The van der Waals surface area contributed by atoms with Crippen LogP contribution in [0.15, 0.2) is 12.1 Å². The van der Waals surface area contributed by atoms with Crippen LogP contribution in [0.3, 0.4) is 0 Å². The van der Waals surface area contributed by atoms with Gasteiger partial charge in [-0.3, -0.25) is 9.59 Å². The van der Waals surface area contributed by atoms with E-state index in [1.165, 1.54) is 7.11 Å². The summed E-state index contributed by atoms with van der Waals surface area (Å²) >= 11 is 5.37. The van der Waals surface area contributed by atoms with Crippen molar-refractivity contribution in [1.82, 2.24) is 0 Å². The number of aldehydes is 1. The summed E-state index contributed by atoms with van der Waals surface area (Å²) in [5.74, 6) is 0.317. The third-order valence-corrected chi connectivity index (χ3v) is 2.15. The fraction of sp³-hybridized carbons (Fsp3) is 0.200. The maximum Gasteiger partial charge on any atom is 0.256 e. The van der Waals surface area contributed by atoms with E-state index in [9.17, 15) is 9.59 Å². The Morgan fingerprint density at radius 2 is 2.14 bits per heavy atom. The average molecular weight is 213 g/mol. The highest BCUT2D eigenvalue weighted by Crippen LogP contribution is 2.25. The normalized spacial score (nSPS) is 9.64. The second-order valence-corrected chi connectivity index (χ2v) is 3.11. The van der Waals surface area contributed by atoms with Crippen LogP contribution in [0.5, 0.6) is 5.75 Å². The van der Waals surface area contributed by atoms with Gasteiger partial charge in [-0.2, -0.15) is 0 Å². The zero-order chi connectivity index (χ0) is 10.7. The van der Waals surface area contributed by atoms with Crippen molar-refractivity contribution in [2.24, 2.45) is 0 Å². The van der Waals surface area contributed by atoms with Gasteiger partial charge in [-0.15, -0.1) is 0 Å². The number of carbonyl (C=O) groups excluding carboxylic acids is 2. The van der Waals surface area contributed by atoms with Gasteiger partial charge in [-0.1, -0.05) is 6.07 Å². The molecule has 0 aromatic heterocycles. The summed E-state index contributed by atoms with van der Waals surface area (Å²) in [5.41, 5.74) is 1.11. The Labute approximate surface area is 86.6 Å². The number of benzene rings is 1. The Hall–Kier alpha value is -1.35. The fourth-order valence-electron chi connectivity index (χ4n) is 1.23. The maximum absolute atomic E-state index is 11.1. The zero-order valence-electron chi connectivity index (χ0n) is 7.83. The number of methoxy groups -OCH3 is 1. The Balaban J connectivity index is 3.51. The van der Waals surface area contributed by atoms with Crippen LogP contribution in [-0.2, 0) is 0 Å². The predicted molar refractivity (Wildman–Crippen MR) is 53.3 cm³/mol. The van der Waals surface area contributed by atoms with Crippen LogP contribution in [0.25, 0.3) is 0 Å². The van der Waals surface area contributed by atoms with Crippen molar-refractivity contribution in [3.05, 3.63) is 28.8 Å². The summed E-state index contributed by atoms with van der Waals surface area (Å²) in [6, 6.07) is 3.31. The first-order valence-corrected chi connectivity index (χ1v) is 4.32. The van der Waals surface area contributed by atoms with E-state index in [1.54, 1.807) is 19.1 Å². The average Bonchev–Trinajstić information content (AvgIpc) is 2.17. The van der Waals surface area contributed by atoms with Crippen molar-refractivity contribution in [2.75, 3.05) is 7.11 Å². The minimum Gasteiger partial charge on any atom is -0.496 e.